The lowest BCUT2D eigenvalue weighted by Crippen LogP contribution is -2.41. The number of imide groups is 2. The summed E-state index contributed by atoms with van der Waals surface area (Å²) in [6.07, 6.45) is 6.17. The largest absolute Gasteiger partial charge is 0.331 e. The van der Waals surface area contributed by atoms with Crippen LogP contribution >= 0.6 is 0 Å². The molecule has 2 aliphatic rings. The molecule has 1 atom stereocenters. The smallest absolute Gasteiger partial charge is 0.269 e. The highest BCUT2D eigenvalue weighted by molar-refractivity contribution is 6.44. The van der Waals surface area contributed by atoms with Crippen LogP contribution in [0.5, 0.6) is 0 Å². The number of rotatable bonds is 1. The van der Waals surface area contributed by atoms with Crippen LogP contribution < -0.4 is 5.32 Å². The molecule has 1 heterocycles. The lowest BCUT2D eigenvalue weighted by molar-refractivity contribution is -0.141. The molecule has 0 aromatic rings. The van der Waals surface area contributed by atoms with Gasteiger partial charge in [0.15, 0.2) is 0 Å². The molecule has 5 nitrogen and oxygen atoms in total. The van der Waals surface area contributed by atoms with Crippen LogP contribution in [0, 0.1) is 0 Å². The van der Waals surface area contributed by atoms with E-state index in [0.717, 1.165) is 17.7 Å². The first-order valence-electron chi connectivity index (χ1n) is 4.53. The summed E-state index contributed by atoms with van der Waals surface area (Å²) in [6.45, 7) is 0. The Morgan fingerprint density at radius 1 is 1.29 bits per heavy atom. The van der Waals surface area contributed by atoms with Crippen molar-refractivity contribution in [3.8, 4) is 0 Å². The SMILES string of the molecule is O=C1NC(=O)N(C2CC=CCC2)C1=O. The first-order valence-corrected chi connectivity index (χ1v) is 4.53. The lowest BCUT2D eigenvalue weighted by atomic mass is 10.0. The van der Waals surface area contributed by atoms with Gasteiger partial charge < -0.3 is 0 Å². The second-order valence-corrected chi connectivity index (χ2v) is 3.37. The van der Waals surface area contributed by atoms with Crippen LogP contribution in [0.3, 0.4) is 0 Å². The summed E-state index contributed by atoms with van der Waals surface area (Å²) < 4.78 is 0. The third-order valence-electron chi connectivity index (χ3n) is 2.46. The topological polar surface area (TPSA) is 66.5 Å². The molecule has 0 saturated carbocycles. The average molecular weight is 194 g/mol. The van der Waals surface area contributed by atoms with Crippen molar-refractivity contribution >= 4 is 17.8 Å². The van der Waals surface area contributed by atoms with Crippen molar-refractivity contribution in [3.63, 3.8) is 0 Å². The van der Waals surface area contributed by atoms with Crippen LogP contribution in [0.4, 0.5) is 4.79 Å². The molecule has 14 heavy (non-hydrogen) atoms. The van der Waals surface area contributed by atoms with Gasteiger partial charge in [0.05, 0.1) is 0 Å². The number of amides is 4. The van der Waals surface area contributed by atoms with Crippen LogP contribution in [-0.4, -0.2) is 28.8 Å². The van der Waals surface area contributed by atoms with Gasteiger partial charge in [-0.2, -0.15) is 0 Å². The molecule has 2 rings (SSSR count). The minimum absolute atomic E-state index is 0.154. The van der Waals surface area contributed by atoms with E-state index in [-0.39, 0.29) is 6.04 Å². The summed E-state index contributed by atoms with van der Waals surface area (Å²) in [7, 11) is 0. The quantitative estimate of drug-likeness (QED) is 0.367. The van der Waals surface area contributed by atoms with E-state index in [1.807, 2.05) is 17.5 Å². The zero-order valence-electron chi connectivity index (χ0n) is 7.53. The highest BCUT2D eigenvalue weighted by atomic mass is 16.2. The molecule has 1 unspecified atom stereocenters. The molecule has 0 spiro atoms. The van der Waals surface area contributed by atoms with Crippen molar-refractivity contribution in [1.29, 1.82) is 0 Å². The van der Waals surface area contributed by atoms with Gasteiger partial charge in [-0.3, -0.25) is 19.8 Å². The van der Waals surface area contributed by atoms with E-state index in [2.05, 4.69) is 0 Å². The molecular weight excluding hydrogens is 184 g/mol. The summed E-state index contributed by atoms with van der Waals surface area (Å²) in [6, 6.07) is -0.737. The second-order valence-electron chi connectivity index (χ2n) is 3.37. The van der Waals surface area contributed by atoms with E-state index in [1.54, 1.807) is 0 Å². The van der Waals surface area contributed by atoms with Crippen LogP contribution in [0.15, 0.2) is 12.2 Å². The van der Waals surface area contributed by atoms with Crippen molar-refractivity contribution in [2.45, 2.75) is 25.3 Å². The molecule has 1 aliphatic heterocycles. The number of carbonyl (C=O) groups is 3. The number of hydrogen-bond donors (Lipinski definition) is 1. The normalized spacial score (nSPS) is 27.0. The van der Waals surface area contributed by atoms with Gasteiger partial charge >= 0.3 is 17.8 Å². The van der Waals surface area contributed by atoms with Crippen molar-refractivity contribution < 1.29 is 14.4 Å². The second kappa shape index (κ2) is 3.25. The third-order valence-corrected chi connectivity index (χ3v) is 2.46. The van der Waals surface area contributed by atoms with E-state index in [1.165, 1.54) is 0 Å². The summed E-state index contributed by atoms with van der Waals surface area (Å²) in [5.74, 6) is -1.54. The predicted molar refractivity (Wildman–Crippen MR) is 47.2 cm³/mol. The number of carbonyl (C=O) groups excluding carboxylic acids is 3. The first kappa shape index (κ1) is 8.93. The standard InChI is InChI=1S/C9H10N2O3/c12-7-8(13)11(9(14)10-7)6-4-2-1-3-5-6/h1-2,6H,3-5H2,(H,10,12,14). The zero-order valence-corrected chi connectivity index (χ0v) is 7.53. The number of urea groups is 1. The van der Waals surface area contributed by atoms with Gasteiger partial charge in [-0.15, -0.1) is 0 Å². The van der Waals surface area contributed by atoms with E-state index in [9.17, 15) is 14.4 Å². The van der Waals surface area contributed by atoms with Gasteiger partial charge in [0, 0.05) is 6.04 Å². The predicted octanol–water partition coefficient (Wildman–Crippen LogP) is 0.173. The number of nitrogens with zero attached hydrogens (tertiary/aromatic N) is 1. The molecule has 4 amide bonds. The summed E-state index contributed by atoms with van der Waals surface area (Å²) in [5, 5.41) is 1.99. The molecule has 1 fully saturated rings. The van der Waals surface area contributed by atoms with E-state index >= 15 is 0 Å². The Hall–Kier alpha value is -1.65. The number of hydrogen-bond acceptors (Lipinski definition) is 3. The molecule has 5 heteroatoms. The minimum Gasteiger partial charge on any atom is -0.269 e. The Morgan fingerprint density at radius 2 is 2.07 bits per heavy atom. The zero-order chi connectivity index (χ0) is 10.1. The molecule has 74 valence electrons. The monoisotopic (exact) mass is 194 g/mol. The maximum Gasteiger partial charge on any atom is 0.331 e. The highest BCUT2D eigenvalue weighted by Crippen LogP contribution is 2.19. The van der Waals surface area contributed by atoms with Crippen molar-refractivity contribution in [1.82, 2.24) is 10.2 Å². The van der Waals surface area contributed by atoms with Crippen LogP contribution in [-0.2, 0) is 9.59 Å². The van der Waals surface area contributed by atoms with Gasteiger partial charge in [0.25, 0.3) is 0 Å². The Labute approximate surface area is 80.8 Å². The maximum absolute atomic E-state index is 11.3. The summed E-state index contributed by atoms with van der Waals surface area (Å²) >= 11 is 0. The molecule has 0 bridgehead atoms. The van der Waals surface area contributed by atoms with E-state index in [0.29, 0.717) is 6.42 Å². The Bertz CT molecular complexity index is 335. The van der Waals surface area contributed by atoms with Gasteiger partial charge in [0.2, 0.25) is 0 Å². The van der Waals surface area contributed by atoms with Crippen LogP contribution in [0.2, 0.25) is 0 Å². The van der Waals surface area contributed by atoms with Gasteiger partial charge in [-0.25, -0.2) is 4.79 Å². The Balaban J connectivity index is 2.17. The number of allylic oxidation sites excluding steroid dienone is 1. The molecule has 0 aromatic heterocycles. The molecular formula is C9H10N2O3. The first-order chi connectivity index (χ1) is 6.70. The van der Waals surface area contributed by atoms with Gasteiger partial charge in [-0.1, -0.05) is 12.2 Å². The maximum atomic E-state index is 11.3. The molecule has 0 radical (unpaired) electrons. The minimum atomic E-state index is -0.815. The lowest BCUT2D eigenvalue weighted by Gasteiger charge is -2.24. The summed E-state index contributed by atoms with van der Waals surface area (Å²) in [5.41, 5.74) is 0. The highest BCUT2D eigenvalue weighted by Gasteiger charge is 2.40. The third kappa shape index (κ3) is 1.30. The molecule has 1 aliphatic carbocycles. The van der Waals surface area contributed by atoms with Crippen molar-refractivity contribution in [3.05, 3.63) is 12.2 Å². The fraction of sp³-hybridized carbons (Fsp3) is 0.444. The van der Waals surface area contributed by atoms with Crippen molar-refractivity contribution in [2.75, 3.05) is 0 Å². The van der Waals surface area contributed by atoms with E-state index < -0.39 is 17.8 Å². The molecule has 1 saturated heterocycles. The van der Waals surface area contributed by atoms with Crippen LogP contribution in [0.25, 0.3) is 0 Å². The summed E-state index contributed by atoms with van der Waals surface area (Å²) in [4.78, 5) is 34.5. The van der Waals surface area contributed by atoms with E-state index in [4.69, 9.17) is 0 Å². The van der Waals surface area contributed by atoms with Gasteiger partial charge in [-0.05, 0) is 19.3 Å². The Morgan fingerprint density at radius 3 is 2.57 bits per heavy atom. The number of nitrogens with one attached hydrogen (secondary N) is 1. The fourth-order valence-electron chi connectivity index (χ4n) is 1.76. The average Bonchev–Trinajstić information content (AvgIpc) is 2.43. The molecule has 1 N–H and O–H groups in total. The van der Waals surface area contributed by atoms with Crippen LogP contribution in [0.1, 0.15) is 19.3 Å². The fourth-order valence-corrected chi connectivity index (χ4v) is 1.76. The Kier molecular flexibility index (Phi) is 2.07. The molecule has 0 aromatic carbocycles. The van der Waals surface area contributed by atoms with Gasteiger partial charge in [0.1, 0.15) is 0 Å². The van der Waals surface area contributed by atoms with Crippen molar-refractivity contribution in [2.24, 2.45) is 0 Å².